The molecule has 108 valence electrons. The van der Waals surface area contributed by atoms with E-state index < -0.39 is 0 Å². The Labute approximate surface area is 114 Å². The largest absolute Gasteiger partial charge is 0.465 e. The number of ether oxygens (including phenoxy) is 2. The third-order valence-corrected chi connectivity index (χ3v) is 4.32. The summed E-state index contributed by atoms with van der Waals surface area (Å²) >= 11 is 0. The van der Waals surface area contributed by atoms with E-state index in [-0.39, 0.29) is 29.7 Å². The normalized spacial score (nSPS) is 32.3. The number of rotatable bonds is 6. The van der Waals surface area contributed by atoms with Crippen molar-refractivity contribution in [2.24, 2.45) is 23.7 Å². The van der Waals surface area contributed by atoms with Gasteiger partial charge in [-0.3, -0.25) is 9.59 Å². The first-order chi connectivity index (χ1) is 9.17. The number of hydrogen-bond acceptors (Lipinski definition) is 4. The summed E-state index contributed by atoms with van der Waals surface area (Å²) in [5.41, 5.74) is 0. The van der Waals surface area contributed by atoms with Crippen LogP contribution in [0.5, 0.6) is 0 Å². The van der Waals surface area contributed by atoms with Crippen molar-refractivity contribution in [3.63, 3.8) is 0 Å². The average Bonchev–Trinajstić information content (AvgIpc) is 3.02. The van der Waals surface area contributed by atoms with E-state index in [0.717, 1.165) is 32.1 Å². The Hall–Kier alpha value is -1.06. The molecule has 4 nitrogen and oxygen atoms in total. The molecule has 0 spiro atoms. The van der Waals surface area contributed by atoms with Gasteiger partial charge in [0.1, 0.15) is 0 Å². The van der Waals surface area contributed by atoms with Crippen LogP contribution >= 0.6 is 0 Å². The zero-order valence-electron chi connectivity index (χ0n) is 11.9. The van der Waals surface area contributed by atoms with Crippen LogP contribution in [0.3, 0.4) is 0 Å². The zero-order valence-corrected chi connectivity index (χ0v) is 11.9. The lowest BCUT2D eigenvalue weighted by Crippen LogP contribution is -2.33. The number of carbonyl (C=O) groups is 2. The highest BCUT2D eigenvalue weighted by molar-refractivity contribution is 5.78. The predicted molar refractivity (Wildman–Crippen MR) is 70.3 cm³/mol. The molecule has 0 aliphatic heterocycles. The SMILES string of the molecule is CCCOC(=O)C1CC2CC(C(=O)OCCC)C1C2. The molecule has 2 saturated carbocycles. The maximum Gasteiger partial charge on any atom is 0.309 e. The monoisotopic (exact) mass is 268 g/mol. The summed E-state index contributed by atoms with van der Waals surface area (Å²) < 4.78 is 10.5. The number of carbonyl (C=O) groups excluding carboxylic acids is 2. The van der Waals surface area contributed by atoms with Gasteiger partial charge in [-0.25, -0.2) is 0 Å². The second-order valence-electron chi connectivity index (χ2n) is 5.78. The molecule has 2 aliphatic carbocycles. The van der Waals surface area contributed by atoms with E-state index in [1.54, 1.807) is 0 Å². The van der Waals surface area contributed by atoms with Gasteiger partial charge in [-0.1, -0.05) is 13.8 Å². The van der Waals surface area contributed by atoms with Crippen molar-refractivity contribution in [1.29, 1.82) is 0 Å². The van der Waals surface area contributed by atoms with Crippen LogP contribution < -0.4 is 0 Å². The van der Waals surface area contributed by atoms with Gasteiger partial charge in [-0.15, -0.1) is 0 Å². The molecule has 4 heteroatoms. The molecule has 0 aromatic heterocycles. The van der Waals surface area contributed by atoms with E-state index in [1.165, 1.54) is 0 Å². The van der Waals surface area contributed by atoms with Gasteiger partial charge in [0.15, 0.2) is 0 Å². The summed E-state index contributed by atoms with van der Waals surface area (Å²) in [7, 11) is 0. The fourth-order valence-corrected chi connectivity index (χ4v) is 3.51. The quantitative estimate of drug-likeness (QED) is 0.695. The van der Waals surface area contributed by atoms with E-state index in [9.17, 15) is 9.59 Å². The van der Waals surface area contributed by atoms with Gasteiger partial charge < -0.3 is 9.47 Å². The molecule has 2 fully saturated rings. The first-order valence-electron chi connectivity index (χ1n) is 7.50. The molecular weight excluding hydrogens is 244 g/mol. The summed E-state index contributed by atoms with van der Waals surface area (Å²) in [6, 6.07) is 0. The Morgan fingerprint density at radius 1 is 0.895 bits per heavy atom. The van der Waals surface area contributed by atoms with Crippen molar-refractivity contribution < 1.29 is 19.1 Å². The smallest absolute Gasteiger partial charge is 0.309 e. The van der Waals surface area contributed by atoms with E-state index in [2.05, 4.69) is 0 Å². The van der Waals surface area contributed by atoms with Crippen molar-refractivity contribution in [1.82, 2.24) is 0 Å². The maximum atomic E-state index is 12.0. The van der Waals surface area contributed by atoms with Crippen LogP contribution in [0, 0.1) is 23.7 Å². The molecule has 2 bridgehead atoms. The molecular formula is C15H24O4. The lowest BCUT2D eigenvalue weighted by atomic mass is 9.80. The van der Waals surface area contributed by atoms with Crippen LogP contribution in [-0.4, -0.2) is 25.2 Å². The molecule has 0 radical (unpaired) electrons. The minimum absolute atomic E-state index is 0.0792. The van der Waals surface area contributed by atoms with Crippen molar-refractivity contribution >= 4 is 11.9 Å². The zero-order chi connectivity index (χ0) is 13.8. The number of esters is 2. The van der Waals surface area contributed by atoms with E-state index in [4.69, 9.17) is 9.47 Å². The van der Waals surface area contributed by atoms with Gasteiger partial charge in [0.25, 0.3) is 0 Å². The minimum Gasteiger partial charge on any atom is -0.465 e. The van der Waals surface area contributed by atoms with E-state index >= 15 is 0 Å². The molecule has 2 atom stereocenters. The predicted octanol–water partition coefficient (Wildman–Crippen LogP) is 2.56. The van der Waals surface area contributed by atoms with Crippen LogP contribution in [0.4, 0.5) is 0 Å². The Kier molecular flexibility index (Phi) is 4.83. The lowest BCUT2D eigenvalue weighted by molar-refractivity contribution is -0.156. The molecule has 0 amide bonds. The molecule has 2 unspecified atom stereocenters. The van der Waals surface area contributed by atoms with Gasteiger partial charge in [0, 0.05) is 0 Å². The highest BCUT2D eigenvalue weighted by atomic mass is 16.5. The summed E-state index contributed by atoms with van der Waals surface area (Å²) in [5, 5.41) is 0. The Balaban J connectivity index is 1.92. The molecule has 0 aromatic rings. The van der Waals surface area contributed by atoms with Crippen LogP contribution in [0.2, 0.25) is 0 Å². The second kappa shape index (κ2) is 6.40. The van der Waals surface area contributed by atoms with Gasteiger partial charge in [0.2, 0.25) is 0 Å². The maximum absolute atomic E-state index is 12.0. The summed E-state index contributed by atoms with van der Waals surface area (Å²) in [5.74, 6) is 0.278. The standard InChI is InChI=1S/C15H24O4/c1-3-5-18-14(16)12-8-10-7-11(12)13(9-10)15(17)19-6-4-2/h10-13H,3-9H2,1-2H3. The van der Waals surface area contributed by atoms with Crippen LogP contribution in [0.1, 0.15) is 46.0 Å². The summed E-state index contributed by atoms with van der Waals surface area (Å²) in [6.07, 6.45) is 4.45. The molecule has 2 aliphatic rings. The van der Waals surface area contributed by atoms with Crippen molar-refractivity contribution in [2.45, 2.75) is 46.0 Å². The Bertz CT molecular complexity index is 309. The van der Waals surface area contributed by atoms with Gasteiger partial charge in [-0.05, 0) is 43.9 Å². The van der Waals surface area contributed by atoms with E-state index in [1.807, 2.05) is 13.8 Å². The van der Waals surface area contributed by atoms with Crippen molar-refractivity contribution in [3.05, 3.63) is 0 Å². The summed E-state index contributed by atoms with van der Waals surface area (Å²) in [4.78, 5) is 24.0. The highest BCUT2D eigenvalue weighted by Gasteiger charge is 2.52. The molecule has 0 saturated heterocycles. The third kappa shape index (κ3) is 3.10. The summed E-state index contributed by atoms with van der Waals surface area (Å²) in [6.45, 7) is 4.94. The molecule has 2 rings (SSSR count). The molecule has 19 heavy (non-hydrogen) atoms. The van der Waals surface area contributed by atoms with E-state index in [0.29, 0.717) is 19.1 Å². The average molecular weight is 268 g/mol. The molecule has 0 heterocycles. The Morgan fingerprint density at radius 3 is 1.74 bits per heavy atom. The van der Waals surface area contributed by atoms with Crippen LogP contribution in [0.25, 0.3) is 0 Å². The Morgan fingerprint density at radius 2 is 1.37 bits per heavy atom. The third-order valence-electron chi connectivity index (χ3n) is 4.32. The topological polar surface area (TPSA) is 52.6 Å². The highest BCUT2D eigenvalue weighted by Crippen LogP contribution is 2.52. The fraction of sp³-hybridized carbons (Fsp3) is 0.867. The van der Waals surface area contributed by atoms with Gasteiger partial charge >= 0.3 is 11.9 Å². The fourth-order valence-electron chi connectivity index (χ4n) is 3.51. The van der Waals surface area contributed by atoms with Crippen LogP contribution in [-0.2, 0) is 19.1 Å². The lowest BCUT2D eigenvalue weighted by Gasteiger charge is -2.26. The van der Waals surface area contributed by atoms with Crippen molar-refractivity contribution in [2.75, 3.05) is 13.2 Å². The minimum atomic E-state index is -0.109. The molecule has 0 N–H and O–H groups in total. The number of fused-ring (bicyclic) bond motifs is 2. The van der Waals surface area contributed by atoms with Crippen molar-refractivity contribution in [3.8, 4) is 0 Å². The number of hydrogen-bond donors (Lipinski definition) is 0. The first-order valence-corrected chi connectivity index (χ1v) is 7.50. The second-order valence-corrected chi connectivity index (χ2v) is 5.78. The van der Waals surface area contributed by atoms with Gasteiger partial charge in [-0.2, -0.15) is 0 Å². The van der Waals surface area contributed by atoms with Crippen LogP contribution in [0.15, 0.2) is 0 Å². The first kappa shape index (κ1) is 14.4. The van der Waals surface area contributed by atoms with Gasteiger partial charge in [0.05, 0.1) is 25.0 Å². The molecule has 0 aromatic carbocycles.